The molecule has 7 nitrogen and oxygen atoms in total. The van der Waals surface area contributed by atoms with E-state index in [0.29, 0.717) is 17.9 Å². The summed E-state index contributed by atoms with van der Waals surface area (Å²) in [5.74, 6) is 0.466. The molecule has 1 aromatic carbocycles. The van der Waals surface area contributed by atoms with E-state index in [1.807, 2.05) is 0 Å². The van der Waals surface area contributed by atoms with Crippen molar-refractivity contribution in [2.45, 2.75) is 6.42 Å². The molecule has 3 N–H and O–H groups in total. The van der Waals surface area contributed by atoms with Crippen LogP contribution in [0.15, 0.2) is 12.1 Å². The van der Waals surface area contributed by atoms with Crippen LogP contribution >= 0.6 is 0 Å². The molecule has 0 unspecified atom stereocenters. The summed E-state index contributed by atoms with van der Waals surface area (Å²) in [6.45, 7) is 0.250. The lowest BCUT2D eigenvalue weighted by atomic mass is 10.1. The van der Waals surface area contributed by atoms with Crippen LogP contribution in [-0.2, 0) is 9.84 Å². The molecule has 0 heterocycles. The minimum Gasteiger partial charge on any atom is -0.493 e. The van der Waals surface area contributed by atoms with Gasteiger partial charge < -0.3 is 20.5 Å². The van der Waals surface area contributed by atoms with Crippen molar-refractivity contribution in [3.8, 4) is 11.5 Å². The van der Waals surface area contributed by atoms with Gasteiger partial charge in [0.05, 0.1) is 25.5 Å². The van der Waals surface area contributed by atoms with Crippen LogP contribution in [0.3, 0.4) is 0 Å². The molecule has 0 spiro atoms. The maximum Gasteiger partial charge on any atom is 0.253 e. The fourth-order valence-electron chi connectivity index (χ4n) is 1.72. The summed E-state index contributed by atoms with van der Waals surface area (Å²) in [6, 6.07) is 2.99. The number of carbonyl (C=O) groups excluding carboxylic acids is 1. The third-order valence-electron chi connectivity index (χ3n) is 2.78. The summed E-state index contributed by atoms with van der Waals surface area (Å²) in [4.78, 5) is 12.0. The van der Waals surface area contributed by atoms with Crippen molar-refractivity contribution in [1.29, 1.82) is 0 Å². The Morgan fingerprint density at radius 2 is 1.81 bits per heavy atom. The summed E-state index contributed by atoms with van der Waals surface area (Å²) in [5.41, 5.74) is 6.32. The quantitative estimate of drug-likeness (QED) is 0.558. The average Bonchev–Trinajstić information content (AvgIpc) is 2.41. The number of benzene rings is 1. The first-order valence-corrected chi connectivity index (χ1v) is 8.32. The fraction of sp³-hybridized carbons (Fsp3) is 0.462. The molecule has 1 aromatic rings. The van der Waals surface area contributed by atoms with E-state index < -0.39 is 9.84 Å². The van der Waals surface area contributed by atoms with Crippen molar-refractivity contribution < 1.29 is 22.7 Å². The van der Waals surface area contributed by atoms with Gasteiger partial charge in [-0.25, -0.2) is 8.42 Å². The molecule has 0 saturated carbocycles. The maximum absolute atomic E-state index is 12.0. The highest BCUT2D eigenvalue weighted by Gasteiger charge is 2.15. The summed E-state index contributed by atoms with van der Waals surface area (Å²) >= 11 is 0. The lowest BCUT2D eigenvalue weighted by Crippen LogP contribution is -2.26. The molecule has 118 valence electrons. The van der Waals surface area contributed by atoms with Gasteiger partial charge in [0.25, 0.3) is 5.91 Å². The molecule has 0 aromatic heterocycles. The zero-order chi connectivity index (χ0) is 16.0. The Balaban J connectivity index is 2.74. The van der Waals surface area contributed by atoms with E-state index in [-0.39, 0.29) is 29.5 Å². The summed E-state index contributed by atoms with van der Waals surface area (Å²) in [7, 11) is -0.0925. The highest BCUT2D eigenvalue weighted by atomic mass is 32.2. The van der Waals surface area contributed by atoms with Gasteiger partial charge in [-0.05, 0) is 12.5 Å². The predicted octanol–water partition coefficient (Wildman–Crippen LogP) is 0.451. The number of nitrogens with two attached hydrogens (primary N) is 1. The Hall–Kier alpha value is -1.96. The number of hydrogen-bond donors (Lipinski definition) is 2. The Morgan fingerprint density at radius 3 is 2.33 bits per heavy atom. The zero-order valence-electron chi connectivity index (χ0n) is 12.3. The number of ether oxygens (including phenoxy) is 2. The topological polar surface area (TPSA) is 108 Å². The van der Waals surface area contributed by atoms with Crippen LogP contribution in [0.5, 0.6) is 11.5 Å². The molecule has 0 radical (unpaired) electrons. The summed E-state index contributed by atoms with van der Waals surface area (Å²) in [6.07, 6.45) is 1.50. The number of anilines is 1. The third kappa shape index (κ3) is 5.14. The van der Waals surface area contributed by atoms with E-state index in [0.717, 1.165) is 6.26 Å². The van der Waals surface area contributed by atoms with Gasteiger partial charge in [-0.2, -0.15) is 0 Å². The van der Waals surface area contributed by atoms with E-state index in [1.54, 1.807) is 0 Å². The van der Waals surface area contributed by atoms with E-state index in [1.165, 1.54) is 26.4 Å². The van der Waals surface area contributed by atoms with Gasteiger partial charge in [-0.3, -0.25) is 4.79 Å². The number of nitrogen functional groups attached to an aromatic ring is 1. The molecular weight excluding hydrogens is 296 g/mol. The molecule has 1 amide bonds. The number of nitrogens with one attached hydrogen (secondary N) is 1. The smallest absolute Gasteiger partial charge is 0.253 e. The first kappa shape index (κ1) is 17.1. The third-order valence-corrected chi connectivity index (χ3v) is 3.81. The van der Waals surface area contributed by atoms with Crippen LogP contribution in [0, 0.1) is 0 Å². The molecule has 8 heteroatoms. The largest absolute Gasteiger partial charge is 0.493 e. The second-order valence-electron chi connectivity index (χ2n) is 4.53. The number of methoxy groups -OCH3 is 2. The highest BCUT2D eigenvalue weighted by molar-refractivity contribution is 7.90. The molecule has 0 bridgehead atoms. The van der Waals surface area contributed by atoms with Crippen molar-refractivity contribution in [2.75, 3.05) is 38.5 Å². The van der Waals surface area contributed by atoms with E-state index in [9.17, 15) is 13.2 Å². The molecule has 0 atom stereocenters. The Labute approximate surface area is 124 Å². The summed E-state index contributed by atoms with van der Waals surface area (Å²) in [5, 5.41) is 2.62. The van der Waals surface area contributed by atoms with Gasteiger partial charge >= 0.3 is 0 Å². The second kappa shape index (κ2) is 7.16. The fourth-order valence-corrected chi connectivity index (χ4v) is 2.39. The van der Waals surface area contributed by atoms with Crippen LogP contribution in [-0.4, -0.2) is 47.1 Å². The average molecular weight is 316 g/mol. The normalized spacial score (nSPS) is 11.0. The first-order valence-electron chi connectivity index (χ1n) is 6.26. The molecule has 1 rings (SSSR count). The Morgan fingerprint density at radius 1 is 1.24 bits per heavy atom. The monoisotopic (exact) mass is 316 g/mol. The van der Waals surface area contributed by atoms with Crippen molar-refractivity contribution in [3.63, 3.8) is 0 Å². The number of hydrogen-bond acceptors (Lipinski definition) is 6. The van der Waals surface area contributed by atoms with Crippen molar-refractivity contribution in [2.24, 2.45) is 0 Å². The summed E-state index contributed by atoms with van der Waals surface area (Å²) < 4.78 is 32.2. The van der Waals surface area contributed by atoms with Crippen molar-refractivity contribution in [1.82, 2.24) is 5.32 Å². The number of rotatable bonds is 7. The predicted molar refractivity (Wildman–Crippen MR) is 80.6 cm³/mol. The molecule has 0 aliphatic rings. The van der Waals surface area contributed by atoms with E-state index in [2.05, 4.69) is 5.32 Å². The second-order valence-corrected chi connectivity index (χ2v) is 6.79. The first-order chi connectivity index (χ1) is 9.78. The number of carbonyl (C=O) groups is 1. The van der Waals surface area contributed by atoms with Crippen LogP contribution in [0.2, 0.25) is 0 Å². The zero-order valence-corrected chi connectivity index (χ0v) is 13.1. The number of amides is 1. The van der Waals surface area contributed by atoms with Crippen LogP contribution in [0.25, 0.3) is 0 Å². The molecule has 0 saturated heterocycles. The van der Waals surface area contributed by atoms with E-state index in [4.69, 9.17) is 15.2 Å². The van der Waals surface area contributed by atoms with Crippen molar-refractivity contribution >= 4 is 21.4 Å². The van der Waals surface area contributed by atoms with Crippen molar-refractivity contribution in [3.05, 3.63) is 17.7 Å². The molecule has 0 fully saturated rings. The molecule has 0 aliphatic carbocycles. The van der Waals surface area contributed by atoms with Crippen LogP contribution in [0.4, 0.5) is 5.69 Å². The molecule has 21 heavy (non-hydrogen) atoms. The number of sulfone groups is 1. The van der Waals surface area contributed by atoms with Gasteiger partial charge in [-0.15, -0.1) is 0 Å². The minimum atomic E-state index is -3.03. The lowest BCUT2D eigenvalue weighted by Gasteiger charge is -2.12. The standard InChI is InChI=1S/C13H20N2O5S/c1-19-11-7-9(10(14)8-12(11)20-2)13(16)15-5-4-6-21(3,17)18/h7-8H,4-6,14H2,1-3H3,(H,15,16). The van der Waals surface area contributed by atoms with Gasteiger partial charge in [0.1, 0.15) is 9.84 Å². The van der Waals surface area contributed by atoms with Crippen LogP contribution in [0.1, 0.15) is 16.8 Å². The maximum atomic E-state index is 12.0. The Bertz CT molecular complexity index is 613. The molecule has 0 aliphatic heterocycles. The van der Waals surface area contributed by atoms with Crippen LogP contribution < -0.4 is 20.5 Å². The van der Waals surface area contributed by atoms with Gasteiger partial charge in [0.2, 0.25) is 0 Å². The Kier molecular flexibility index (Phi) is 5.83. The molecular formula is C13H20N2O5S. The van der Waals surface area contributed by atoms with Gasteiger partial charge in [-0.1, -0.05) is 0 Å². The van der Waals surface area contributed by atoms with E-state index >= 15 is 0 Å². The minimum absolute atomic E-state index is 0.0225. The van der Waals surface area contributed by atoms with Gasteiger partial charge in [0.15, 0.2) is 11.5 Å². The SMILES string of the molecule is COc1cc(N)c(C(=O)NCCCS(C)(=O)=O)cc1OC. The highest BCUT2D eigenvalue weighted by Crippen LogP contribution is 2.31. The lowest BCUT2D eigenvalue weighted by molar-refractivity contribution is 0.0954. The van der Waals surface area contributed by atoms with Gasteiger partial charge in [0, 0.05) is 24.6 Å².